The van der Waals surface area contributed by atoms with Crippen molar-refractivity contribution in [1.82, 2.24) is 10.9 Å². The highest BCUT2D eigenvalue weighted by atomic mass is 32.2. The molecule has 2 aromatic carbocycles. The fourth-order valence-corrected chi connectivity index (χ4v) is 2.91. The Morgan fingerprint density at radius 1 is 1.00 bits per heavy atom. The van der Waals surface area contributed by atoms with Crippen LogP contribution in [0.4, 0.5) is 5.69 Å². The van der Waals surface area contributed by atoms with Gasteiger partial charge in [0.05, 0.1) is 18.6 Å². The van der Waals surface area contributed by atoms with E-state index in [0.29, 0.717) is 23.7 Å². The highest BCUT2D eigenvalue weighted by Crippen LogP contribution is 2.26. The number of amides is 2. The molecule has 0 spiro atoms. The summed E-state index contributed by atoms with van der Waals surface area (Å²) in [5.74, 6) is -0.265. The Labute approximate surface area is 169 Å². The lowest BCUT2D eigenvalue weighted by molar-refractivity contribution is -0.123. The van der Waals surface area contributed by atoms with Gasteiger partial charge in [0.25, 0.3) is 11.8 Å². The van der Waals surface area contributed by atoms with E-state index in [9.17, 15) is 18.0 Å². The van der Waals surface area contributed by atoms with Crippen molar-refractivity contribution in [2.24, 2.45) is 0 Å². The largest absolute Gasteiger partial charge is 0.490 e. The van der Waals surface area contributed by atoms with E-state index in [4.69, 9.17) is 9.47 Å². The first kappa shape index (κ1) is 22.0. The van der Waals surface area contributed by atoms with Gasteiger partial charge in [0.1, 0.15) is 0 Å². The fourth-order valence-electron chi connectivity index (χ4n) is 2.30. The van der Waals surface area contributed by atoms with Gasteiger partial charge in [-0.05, 0) is 43.7 Å². The van der Waals surface area contributed by atoms with Gasteiger partial charge in [-0.3, -0.25) is 25.2 Å². The van der Waals surface area contributed by atoms with Crippen molar-refractivity contribution >= 4 is 27.5 Å². The van der Waals surface area contributed by atoms with Crippen LogP contribution < -0.4 is 25.0 Å². The molecule has 29 heavy (non-hydrogen) atoms. The molecule has 2 amide bonds. The number of hydrogen-bond acceptors (Lipinski definition) is 6. The molecule has 0 aliphatic heterocycles. The zero-order valence-electron chi connectivity index (χ0n) is 16.3. The van der Waals surface area contributed by atoms with Crippen LogP contribution in [-0.4, -0.2) is 39.7 Å². The summed E-state index contributed by atoms with van der Waals surface area (Å²) in [6, 6.07) is 11.4. The summed E-state index contributed by atoms with van der Waals surface area (Å²) in [5.41, 5.74) is 5.60. The average molecular weight is 421 g/mol. The van der Waals surface area contributed by atoms with Gasteiger partial charge in [-0.2, -0.15) is 0 Å². The summed E-state index contributed by atoms with van der Waals surface area (Å²) < 4.78 is 36.0. The predicted molar refractivity (Wildman–Crippen MR) is 108 cm³/mol. The minimum Gasteiger partial charge on any atom is -0.490 e. The molecule has 0 aliphatic rings. The molecule has 0 heterocycles. The first-order chi connectivity index (χ1) is 13.7. The normalized spacial score (nSPS) is 10.7. The van der Waals surface area contributed by atoms with Crippen LogP contribution in [0.25, 0.3) is 0 Å². The van der Waals surface area contributed by atoms with E-state index in [1.807, 2.05) is 6.92 Å². The molecular formula is C19H23N3O6S. The third kappa shape index (κ3) is 7.00. The third-order valence-electron chi connectivity index (χ3n) is 3.62. The van der Waals surface area contributed by atoms with Crippen molar-refractivity contribution in [3.05, 3.63) is 53.6 Å². The molecule has 9 nitrogen and oxygen atoms in total. The van der Waals surface area contributed by atoms with Crippen LogP contribution in [-0.2, 0) is 14.8 Å². The Hall–Kier alpha value is -3.27. The fraction of sp³-hybridized carbons (Fsp3) is 0.263. The Morgan fingerprint density at radius 3 is 2.28 bits per heavy atom. The highest BCUT2D eigenvalue weighted by molar-refractivity contribution is 7.92. The predicted octanol–water partition coefficient (Wildman–Crippen LogP) is 1.61. The number of nitrogens with one attached hydrogen (secondary N) is 3. The Morgan fingerprint density at radius 2 is 1.66 bits per heavy atom. The number of benzene rings is 2. The molecule has 0 aromatic heterocycles. The second kappa shape index (κ2) is 9.78. The Kier molecular flexibility index (Phi) is 7.43. The molecule has 10 heteroatoms. The number of anilines is 1. The van der Waals surface area contributed by atoms with E-state index in [1.54, 1.807) is 37.3 Å². The Balaban J connectivity index is 1.92. The number of para-hydroxylation sites is 2. The summed E-state index contributed by atoms with van der Waals surface area (Å²) in [6.45, 7) is 3.66. The zero-order valence-corrected chi connectivity index (χ0v) is 17.1. The van der Waals surface area contributed by atoms with Gasteiger partial charge < -0.3 is 9.47 Å². The maximum atomic E-state index is 12.2. The number of hydrazine groups is 1. The second-order valence-corrected chi connectivity index (χ2v) is 7.82. The monoisotopic (exact) mass is 421 g/mol. The summed E-state index contributed by atoms with van der Waals surface area (Å²) in [6.07, 6.45) is 1.02. The maximum Gasteiger partial charge on any atom is 0.276 e. The van der Waals surface area contributed by atoms with E-state index in [-0.39, 0.29) is 17.9 Å². The molecule has 0 radical (unpaired) electrons. The molecule has 0 aliphatic carbocycles. The van der Waals surface area contributed by atoms with Crippen molar-refractivity contribution in [3.8, 4) is 11.5 Å². The minimum absolute atomic E-state index is 0.171. The number of sulfonamides is 1. The molecule has 2 rings (SSSR count). The van der Waals surface area contributed by atoms with E-state index in [1.165, 1.54) is 12.1 Å². The topological polar surface area (TPSA) is 123 Å². The lowest BCUT2D eigenvalue weighted by Gasteiger charge is -2.13. The lowest BCUT2D eigenvalue weighted by Crippen LogP contribution is -2.43. The van der Waals surface area contributed by atoms with E-state index >= 15 is 0 Å². The zero-order chi connectivity index (χ0) is 21.4. The van der Waals surface area contributed by atoms with Crippen LogP contribution in [0, 0.1) is 6.92 Å². The van der Waals surface area contributed by atoms with Crippen molar-refractivity contribution < 1.29 is 27.5 Å². The number of carbonyl (C=O) groups excluding carboxylic acids is 2. The van der Waals surface area contributed by atoms with Crippen LogP contribution in [0.15, 0.2) is 42.5 Å². The standard InChI is InChI=1S/C19H23N3O6S/c1-4-27-16-7-5-6-8-17(16)28-12-18(23)20-21-19(24)14-10-9-13(2)15(11-14)22-29(3,25)26/h5-11,22H,4,12H2,1-3H3,(H,20,23)(H,21,24). The first-order valence-electron chi connectivity index (χ1n) is 8.72. The number of carbonyl (C=O) groups is 2. The minimum atomic E-state index is -3.49. The Bertz CT molecular complexity index is 991. The molecule has 0 fully saturated rings. The SMILES string of the molecule is CCOc1ccccc1OCC(=O)NNC(=O)c1ccc(C)c(NS(C)(=O)=O)c1. The summed E-state index contributed by atoms with van der Waals surface area (Å²) in [5, 5.41) is 0. The van der Waals surface area contributed by atoms with Crippen molar-refractivity contribution in [3.63, 3.8) is 0 Å². The van der Waals surface area contributed by atoms with Gasteiger partial charge >= 0.3 is 0 Å². The van der Waals surface area contributed by atoms with E-state index in [2.05, 4.69) is 15.6 Å². The summed E-state index contributed by atoms with van der Waals surface area (Å²) >= 11 is 0. The average Bonchev–Trinajstić information content (AvgIpc) is 2.66. The van der Waals surface area contributed by atoms with Crippen molar-refractivity contribution in [2.45, 2.75) is 13.8 Å². The van der Waals surface area contributed by atoms with Gasteiger partial charge in [-0.25, -0.2) is 8.42 Å². The third-order valence-corrected chi connectivity index (χ3v) is 4.21. The van der Waals surface area contributed by atoms with Crippen molar-refractivity contribution in [1.29, 1.82) is 0 Å². The molecule has 156 valence electrons. The molecule has 0 bridgehead atoms. The van der Waals surface area contributed by atoms with E-state index < -0.39 is 21.8 Å². The summed E-state index contributed by atoms with van der Waals surface area (Å²) in [7, 11) is -3.49. The smallest absolute Gasteiger partial charge is 0.276 e. The molecule has 2 aromatic rings. The summed E-state index contributed by atoms with van der Waals surface area (Å²) in [4.78, 5) is 24.2. The van der Waals surface area contributed by atoms with Crippen LogP contribution in [0.2, 0.25) is 0 Å². The highest BCUT2D eigenvalue weighted by Gasteiger charge is 2.12. The number of hydrogen-bond donors (Lipinski definition) is 3. The molecule has 3 N–H and O–H groups in total. The lowest BCUT2D eigenvalue weighted by atomic mass is 10.1. The quantitative estimate of drug-likeness (QED) is 0.557. The van der Waals surface area contributed by atoms with Gasteiger partial charge in [-0.15, -0.1) is 0 Å². The molecule has 0 saturated carbocycles. The molecule has 0 unspecified atom stereocenters. The van der Waals surface area contributed by atoms with Crippen molar-refractivity contribution in [2.75, 3.05) is 24.2 Å². The van der Waals surface area contributed by atoms with Gasteiger partial charge in [0.15, 0.2) is 18.1 Å². The van der Waals surface area contributed by atoms with Gasteiger partial charge in [0.2, 0.25) is 10.0 Å². The number of rotatable bonds is 8. The number of ether oxygens (including phenoxy) is 2. The molecule has 0 atom stereocenters. The van der Waals surface area contributed by atoms with Gasteiger partial charge in [0, 0.05) is 5.56 Å². The van der Waals surface area contributed by atoms with Crippen LogP contribution >= 0.6 is 0 Å². The maximum absolute atomic E-state index is 12.2. The van der Waals surface area contributed by atoms with Crippen LogP contribution in [0.1, 0.15) is 22.8 Å². The van der Waals surface area contributed by atoms with Gasteiger partial charge in [-0.1, -0.05) is 18.2 Å². The number of aryl methyl sites for hydroxylation is 1. The van der Waals surface area contributed by atoms with E-state index in [0.717, 1.165) is 6.26 Å². The molecular weight excluding hydrogens is 398 g/mol. The van der Waals surface area contributed by atoms with Crippen LogP contribution in [0.3, 0.4) is 0 Å². The molecule has 0 saturated heterocycles. The van der Waals surface area contributed by atoms with Crippen LogP contribution in [0.5, 0.6) is 11.5 Å². The second-order valence-electron chi connectivity index (χ2n) is 6.07. The first-order valence-corrected chi connectivity index (χ1v) is 10.6.